The number of para-hydroxylation sites is 2. The van der Waals surface area contributed by atoms with Crippen LogP contribution in [0.1, 0.15) is 17.5 Å². The first-order chi connectivity index (χ1) is 16.0. The van der Waals surface area contributed by atoms with Crippen LogP contribution in [0.3, 0.4) is 0 Å². The lowest BCUT2D eigenvalue weighted by molar-refractivity contribution is -0.126. The smallest absolute Gasteiger partial charge is 0.249 e. The molecule has 0 radical (unpaired) electrons. The van der Waals surface area contributed by atoms with Gasteiger partial charge in [0, 0.05) is 21.2 Å². The maximum atomic E-state index is 12.1. The Kier molecular flexibility index (Phi) is 8.69. The summed E-state index contributed by atoms with van der Waals surface area (Å²) in [6.45, 7) is 0.248. The molecule has 3 aromatic rings. The molecule has 0 saturated heterocycles. The highest BCUT2D eigenvalue weighted by Gasteiger charge is 2.12. The van der Waals surface area contributed by atoms with Crippen molar-refractivity contribution in [1.82, 2.24) is 5.43 Å². The second-order valence-corrected chi connectivity index (χ2v) is 7.62. The van der Waals surface area contributed by atoms with Crippen LogP contribution in [0.15, 0.2) is 71.8 Å². The van der Waals surface area contributed by atoms with Crippen LogP contribution in [0.25, 0.3) is 0 Å². The lowest BCUT2D eigenvalue weighted by Crippen LogP contribution is -2.24. The zero-order chi connectivity index (χ0) is 23.6. The van der Waals surface area contributed by atoms with Crippen LogP contribution in [-0.4, -0.2) is 25.1 Å². The molecule has 0 bridgehead atoms. The molecule has 0 saturated carbocycles. The lowest BCUT2D eigenvalue weighted by atomic mass is 10.2. The van der Waals surface area contributed by atoms with Crippen LogP contribution >= 0.6 is 23.2 Å². The van der Waals surface area contributed by atoms with E-state index in [1.807, 2.05) is 18.2 Å². The fraction of sp³-hybridized carbons (Fsp3) is 0.125. The Balaban J connectivity index is 1.57. The number of carbonyl (C=O) groups excluding carboxylic acids is 2. The maximum Gasteiger partial charge on any atom is 0.249 e. The number of nitrogens with zero attached hydrogens (tertiary/aromatic N) is 1. The Morgan fingerprint density at radius 1 is 0.970 bits per heavy atom. The molecule has 3 aromatic carbocycles. The summed E-state index contributed by atoms with van der Waals surface area (Å²) in [4.78, 5) is 24.2. The Bertz CT molecular complexity index is 1170. The van der Waals surface area contributed by atoms with E-state index in [-0.39, 0.29) is 6.61 Å². The van der Waals surface area contributed by atoms with Gasteiger partial charge in [-0.2, -0.15) is 5.10 Å². The highest BCUT2D eigenvalue weighted by molar-refractivity contribution is 6.31. The zero-order valence-corrected chi connectivity index (χ0v) is 19.2. The third kappa shape index (κ3) is 7.24. The number of halogens is 2. The van der Waals surface area contributed by atoms with E-state index in [2.05, 4.69) is 15.8 Å². The number of hydrazone groups is 1. The van der Waals surface area contributed by atoms with E-state index < -0.39 is 18.2 Å². The summed E-state index contributed by atoms with van der Waals surface area (Å²) >= 11 is 12.3. The fourth-order valence-corrected chi connectivity index (χ4v) is 3.19. The second kappa shape index (κ2) is 11.9. The van der Waals surface area contributed by atoms with Crippen molar-refractivity contribution in [1.29, 1.82) is 0 Å². The van der Waals surface area contributed by atoms with Gasteiger partial charge in [0.05, 0.1) is 19.0 Å². The molecule has 2 amide bonds. The topological polar surface area (TPSA) is 89.0 Å². The molecular weight excluding hydrogens is 465 g/mol. The Labute approximate surface area is 201 Å². The minimum Gasteiger partial charge on any atom is -0.495 e. The van der Waals surface area contributed by atoms with Gasteiger partial charge in [0.1, 0.15) is 24.5 Å². The van der Waals surface area contributed by atoms with Crippen molar-refractivity contribution in [2.75, 3.05) is 12.4 Å². The predicted octanol–water partition coefficient (Wildman–Crippen LogP) is 5.06. The number of benzene rings is 3. The monoisotopic (exact) mass is 485 g/mol. The number of carbonyl (C=O) groups is 2. The summed E-state index contributed by atoms with van der Waals surface area (Å²) in [5.74, 6) is -0.0845. The molecule has 0 fully saturated rings. The van der Waals surface area contributed by atoms with Crippen LogP contribution in [0, 0.1) is 0 Å². The number of nitrogens with one attached hydrogen (secondary N) is 2. The van der Waals surface area contributed by atoms with E-state index in [9.17, 15) is 9.59 Å². The molecule has 0 spiro atoms. The summed E-state index contributed by atoms with van der Waals surface area (Å²) in [7, 11) is 1.49. The summed E-state index contributed by atoms with van der Waals surface area (Å²) < 4.78 is 11.0. The molecule has 0 aliphatic rings. The first-order valence-electron chi connectivity index (χ1n) is 9.87. The van der Waals surface area contributed by atoms with Crippen molar-refractivity contribution in [2.45, 2.75) is 13.0 Å². The number of hydrogen-bond donors (Lipinski definition) is 2. The second-order valence-electron chi connectivity index (χ2n) is 6.78. The summed E-state index contributed by atoms with van der Waals surface area (Å²) in [5.41, 5.74) is 4.17. The largest absolute Gasteiger partial charge is 0.495 e. The van der Waals surface area contributed by atoms with E-state index >= 15 is 0 Å². The van der Waals surface area contributed by atoms with Gasteiger partial charge >= 0.3 is 0 Å². The maximum absolute atomic E-state index is 12.1. The first kappa shape index (κ1) is 24.1. The molecule has 0 heterocycles. The number of methoxy groups -OCH3 is 1. The molecule has 170 valence electrons. The standard InChI is InChI=1S/C24H21Cl2N3O4/c1-32-22-9-5-4-8-20(22)28-23(30)13-24(31)29-27-14-17-12-18(25)10-11-21(17)33-15-16-6-2-3-7-19(16)26/h2-12,14H,13,15H2,1H3,(H,28,30)(H,29,31). The van der Waals surface area contributed by atoms with Crippen LogP contribution in [0.4, 0.5) is 5.69 Å². The lowest BCUT2D eigenvalue weighted by Gasteiger charge is -2.11. The van der Waals surface area contributed by atoms with Crippen molar-refractivity contribution in [3.63, 3.8) is 0 Å². The van der Waals surface area contributed by atoms with Crippen LogP contribution < -0.4 is 20.2 Å². The summed E-state index contributed by atoms with van der Waals surface area (Å²) in [5, 5.41) is 7.62. The average molecular weight is 486 g/mol. The highest BCUT2D eigenvalue weighted by atomic mass is 35.5. The van der Waals surface area contributed by atoms with Gasteiger partial charge < -0.3 is 14.8 Å². The number of amides is 2. The van der Waals surface area contributed by atoms with Gasteiger partial charge in [0.2, 0.25) is 11.8 Å². The first-order valence-corrected chi connectivity index (χ1v) is 10.6. The van der Waals surface area contributed by atoms with Gasteiger partial charge in [0.25, 0.3) is 0 Å². The Hall–Kier alpha value is -3.55. The molecule has 0 atom stereocenters. The summed E-state index contributed by atoms with van der Waals surface area (Å²) in [6, 6.07) is 19.3. The quantitative estimate of drug-likeness (QED) is 0.251. The van der Waals surface area contributed by atoms with Crippen molar-refractivity contribution in [3.8, 4) is 11.5 Å². The Morgan fingerprint density at radius 3 is 2.52 bits per heavy atom. The Morgan fingerprint density at radius 2 is 1.73 bits per heavy atom. The van der Waals surface area contributed by atoms with Gasteiger partial charge in [-0.15, -0.1) is 0 Å². The van der Waals surface area contributed by atoms with Crippen LogP contribution in [0.5, 0.6) is 11.5 Å². The third-order valence-electron chi connectivity index (χ3n) is 4.41. The average Bonchev–Trinajstić information content (AvgIpc) is 2.79. The number of ether oxygens (including phenoxy) is 2. The molecule has 33 heavy (non-hydrogen) atoms. The molecule has 0 unspecified atom stereocenters. The van der Waals surface area contributed by atoms with Crippen molar-refractivity contribution in [2.24, 2.45) is 5.10 Å². The van der Waals surface area contributed by atoms with Crippen molar-refractivity contribution >= 4 is 46.9 Å². The van der Waals surface area contributed by atoms with Crippen molar-refractivity contribution < 1.29 is 19.1 Å². The van der Waals surface area contributed by atoms with Gasteiger partial charge in [-0.1, -0.05) is 53.5 Å². The van der Waals surface area contributed by atoms with E-state index in [1.54, 1.807) is 48.5 Å². The summed E-state index contributed by atoms with van der Waals surface area (Å²) in [6.07, 6.45) is 0.977. The fourth-order valence-electron chi connectivity index (χ4n) is 2.82. The molecule has 2 N–H and O–H groups in total. The third-order valence-corrected chi connectivity index (χ3v) is 5.01. The van der Waals surface area contributed by atoms with Crippen LogP contribution in [-0.2, 0) is 16.2 Å². The van der Waals surface area contributed by atoms with Crippen LogP contribution in [0.2, 0.25) is 10.0 Å². The molecule has 7 nitrogen and oxygen atoms in total. The molecular formula is C24H21Cl2N3O4. The SMILES string of the molecule is COc1ccccc1NC(=O)CC(=O)NN=Cc1cc(Cl)ccc1OCc1ccccc1Cl. The van der Waals surface area contributed by atoms with E-state index in [1.165, 1.54) is 13.3 Å². The van der Waals surface area contributed by atoms with Gasteiger partial charge in [-0.3, -0.25) is 9.59 Å². The minimum atomic E-state index is -0.584. The van der Waals surface area contributed by atoms with E-state index in [0.29, 0.717) is 32.8 Å². The molecule has 0 aliphatic heterocycles. The number of anilines is 1. The van der Waals surface area contributed by atoms with Gasteiger partial charge in [-0.25, -0.2) is 5.43 Å². The predicted molar refractivity (Wildman–Crippen MR) is 129 cm³/mol. The molecule has 9 heteroatoms. The highest BCUT2D eigenvalue weighted by Crippen LogP contribution is 2.24. The minimum absolute atomic E-state index is 0.248. The van der Waals surface area contributed by atoms with Gasteiger partial charge in [0.15, 0.2) is 0 Å². The van der Waals surface area contributed by atoms with Crippen molar-refractivity contribution in [3.05, 3.63) is 87.9 Å². The molecule has 0 aliphatic carbocycles. The van der Waals surface area contributed by atoms with E-state index in [0.717, 1.165) is 5.56 Å². The zero-order valence-electron chi connectivity index (χ0n) is 17.7. The number of hydrogen-bond acceptors (Lipinski definition) is 5. The molecule has 0 aromatic heterocycles. The normalized spacial score (nSPS) is 10.6. The van der Waals surface area contributed by atoms with E-state index in [4.69, 9.17) is 32.7 Å². The molecule has 3 rings (SSSR count). The number of rotatable bonds is 9. The van der Waals surface area contributed by atoms with Gasteiger partial charge in [-0.05, 0) is 36.4 Å².